The van der Waals surface area contributed by atoms with E-state index in [0.717, 1.165) is 31.2 Å². The highest BCUT2D eigenvalue weighted by atomic mass is 19.2. The molecule has 1 aliphatic rings. The molecule has 0 atom stereocenters. The molecular formula is C26H25F3. The Morgan fingerprint density at radius 3 is 1.83 bits per heavy atom. The standard InChI is InChI=1S/C26H25F3/c1-16-3-7-18(8-4-16)21-12-11-20(15-24(21)27)23-14-13-22(25(28)26(23)29)19-9-5-17(2)6-10-19/h5-6,9-16,18H,3-4,7-8H2,1-2H3. The Kier molecular flexibility index (Phi) is 5.49. The molecule has 4 rings (SSSR count). The van der Waals surface area contributed by atoms with Crippen LogP contribution in [-0.4, -0.2) is 0 Å². The molecule has 1 saturated carbocycles. The second-order valence-electron chi connectivity index (χ2n) is 8.35. The molecule has 29 heavy (non-hydrogen) atoms. The van der Waals surface area contributed by atoms with Crippen molar-refractivity contribution in [3.8, 4) is 22.3 Å². The third-order valence-corrected chi connectivity index (χ3v) is 6.21. The third-order valence-electron chi connectivity index (χ3n) is 6.21. The normalized spacial score (nSPS) is 19.3. The molecule has 3 aromatic rings. The van der Waals surface area contributed by atoms with Crippen molar-refractivity contribution in [3.63, 3.8) is 0 Å². The number of benzene rings is 3. The van der Waals surface area contributed by atoms with E-state index in [-0.39, 0.29) is 22.9 Å². The van der Waals surface area contributed by atoms with Crippen LogP contribution in [0.2, 0.25) is 0 Å². The first-order chi connectivity index (χ1) is 13.9. The topological polar surface area (TPSA) is 0 Å². The fourth-order valence-electron chi connectivity index (χ4n) is 4.33. The van der Waals surface area contributed by atoms with Crippen molar-refractivity contribution in [3.05, 3.63) is 83.2 Å². The summed E-state index contributed by atoms with van der Waals surface area (Å²) in [5, 5.41) is 0. The van der Waals surface area contributed by atoms with E-state index in [1.54, 1.807) is 30.3 Å². The zero-order chi connectivity index (χ0) is 20.5. The van der Waals surface area contributed by atoms with E-state index in [1.165, 1.54) is 12.1 Å². The van der Waals surface area contributed by atoms with E-state index in [4.69, 9.17) is 0 Å². The first-order valence-electron chi connectivity index (χ1n) is 10.3. The molecule has 3 heteroatoms. The summed E-state index contributed by atoms with van der Waals surface area (Å²) in [6.45, 7) is 4.17. The van der Waals surface area contributed by atoms with Crippen LogP contribution in [0.15, 0.2) is 54.6 Å². The van der Waals surface area contributed by atoms with Crippen LogP contribution >= 0.6 is 0 Å². The second kappa shape index (κ2) is 8.06. The Bertz CT molecular complexity index is 1010. The lowest BCUT2D eigenvalue weighted by Crippen LogP contribution is -2.12. The predicted octanol–water partition coefficient (Wildman–Crippen LogP) is 8.04. The van der Waals surface area contributed by atoms with Crippen molar-refractivity contribution >= 4 is 0 Å². The minimum atomic E-state index is -0.943. The Balaban J connectivity index is 1.65. The molecule has 150 valence electrons. The largest absolute Gasteiger partial charge is 0.207 e. The van der Waals surface area contributed by atoms with Crippen LogP contribution in [0.3, 0.4) is 0 Å². The molecular weight excluding hydrogens is 369 g/mol. The van der Waals surface area contributed by atoms with Gasteiger partial charge in [0.25, 0.3) is 0 Å². The van der Waals surface area contributed by atoms with E-state index in [0.29, 0.717) is 22.6 Å². The second-order valence-corrected chi connectivity index (χ2v) is 8.35. The van der Waals surface area contributed by atoms with Crippen LogP contribution in [-0.2, 0) is 0 Å². The van der Waals surface area contributed by atoms with E-state index in [1.807, 2.05) is 19.1 Å². The van der Waals surface area contributed by atoms with Gasteiger partial charge in [-0.25, -0.2) is 13.2 Å². The van der Waals surface area contributed by atoms with Crippen molar-refractivity contribution < 1.29 is 13.2 Å². The molecule has 1 aliphatic carbocycles. The van der Waals surface area contributed by atoms with Crippen LogP contribution in [0.4, 0.5) is 13.2 Å². The van der Waals surface area contributed by atoms with Crippen LogP contribution in [0.1, 0.15) is 49.7 Å². The Morgan fingerprint density at radius 2 is 1.24 bits per heavy atom. The summed E-state index contributed by atoms with van der Waals surface area (Å²) < 4.78 is 44.4. The summed E-state index contributed by atoms with van der Waals surface area (Å²) in [7, 11) is 0. The van der Waals surface area contributed by atoms with Gasteiger partial charge in [0, 0.05) is 11.1 Å². The molecule has 3 aromatic carbocycles. The molecule has 0 N–H and O–H groups in total. The molecule has 0 amide bonds. The fourth-order valence-corrected chi connectivity index (χ4v) is 4.33. The van der Waals surface area contributed by atoms with Crippen molar-refractivity contribution in [2.45, 2.75) is 45.4 Å². The fraction of sp³-hybridized carbons (Fsp3) is 0.308. The van der Waals surface area contributed by atoms with E-state index in [9.17, 15) is 13.2 Å². The zero-order valence-corrected chi connectivity index (χ0v) is 16.8. The van der Waals surface area contributed by atoms with Gasteiger partial charge in [-0.1, -0.05) is 73.9 Å². The Morgan fingerprint density at radius 1 is 0.690 bits per heavy atom. The van der Waals surface area contributed by atoms with Gasteiger partial charge < -0.3 is 0 Å². The average molecular weight is 394 g/mol. The molecule has 0 heterocycles. The van der Waals surface area contributed by atoms with Gasteiger partial charge in [-0.05, 0) is 54.4 Å². The SMILES string of the molecule is Cc1ccc(-c2ccc(-c3ccc(C4CCC(C)CC4)c(F)c3)c(F)c2F)cc1. The van der Waals surface area contributed by atoms with Crippen LogP contribution in [0.25, 0.3) is 22.3 Å². The van der Waals surface area contributed by atoms with Crippen molar-refractivity contribution in [2.75, 3.05) is 0 Å². The summed E-state index contributed by atoms with van der Waals surface area (Å²) in [4.78, 5) is 0. The van der Waals surface area contributed by atoms with Gasteiger partial charge in [0.05, 0.1) is 0 Å². The summed E-state index contributed by atoms with van der Waals surface area (Å²) in [6.07, 6.45) is 4.16. The predicted molar refractivity (Wildman–Crippen MR) is 112 cm³/mol. The van der Waals surface area contributed by atoms with Crippen LogP contribution < -0.4 is 0 Å². The molecule has 0 unspecified atom stereocenters. The highest BCUT2D eigenvalue weighted by Crippen LogP contribution is 2.38. The third kappa shape index (κ3) is 3.96. The summed E-state index contributed by atoms with van der Waals surface area (Å²) in [5.41, 5.74) is 3.02. The molecule has 0 bridgehead atoms. The lowest BCUT2D eigenvalue weighted by Gasteiger charge is -2.26. The van der Waals surface area contributed by atoms with Crippen LogP contribution in [0, 0.1) is 30.3 Å². The van der Waals surface area contributed by atoms with Gasteiger partial charge in [-0.3, -0.25) is 0 Å². The summed E-state index contributed by atoms with van der Waals surface area (Å²) in [5.74, 6) is -1.27. The molecule has 0 aliphatic heterocycles. The number of aryl methyl sites for hydroxylation is 1. The highest BCUT2D eigenvalue weighted by molar-refractivity contribution is 5.72. The molecule has 1 fully saturated rings. The number of halogens is 3. The van der Waals surface area contributed by atoms with E-state index >= 15 is 0 Å². The smallest absolute Gasteiger partial charge is 0.167 e. The first-order valence-corrected chi connectivity index (χ1v) is 10.3. The number of hydrogen-bond acceptors (Lipinski definition) is 0. The zero-order valence-electron chi connectivity index (χ0n) is 16.8. The molecule has 0 saturated heterocycles. The lowest BCUT2D eigenvalue weighted by atomic mass is 9.79. The Hall–Kier alpha value is -2.55. The maximum atomic E-state index is 14.8. The van der Waals surface area contributed by atoms with Gasteiger partial charge in [0.15, 0.2) is 11.6 Å². The quantitative estimate of drug-likeness (QED) is 0.422. The van der Waals surface area contributed by atoms with Gasteiger partial charge in [-0.15, -0.1) is 0 Å². The minimum absolute atomic E-state index is 0.0843. The van der Waals surface area contributed by atoms with Crippen molar-refractivity contribution in [2.24, 2.45) is 5.92 Å². The van der Waals surface area contributed by atoms with Gasteiger partial charge >= 0.3 is 0 Å². The van der Waals surface area contributed by atoms with Gasteiger partial charge in [0.1, 0.15) is 5.82 Å². The van der Waals surface area contributed by atoms with Gasteiger partial charge in [0.2, 0.25) is 0 Å². The van der Waals surface area contributed by atoms with Crippen molar-refractivity contribution in [1.82, 2.24) is 0 Å². The first kappa shape index (κ1) is 19.8. The van der Waals surface area contributed by atoms with Gasteiger partial charge in [-0.2, -0.15) is 0 Å². The molecule has 0 spiro atoms. The molecule has 0 nitrogen and oxygen atoms in total. The lowest BCUT2D eigenvalue weighted by molar-refractivity contribution is 0.342. The minimum Gasteiger partial charge on any atom is -0.207 e. The van der Waals surface area contributed by atoms with E-state index in [2.05, 4.69) is 6.92 Å². The van der Waals surface area contributed by atoms with E-state index < -0.39 is 11.6 Å². The maximum Gasteiger partial charge on any atom is 0.167 e. The molecule has 0 radical (unpaired) electrons. The maximum absolute atomic E-state index is 14.8. The number of rotatable bonds is 3. The summed E-state index contributed by atoms with van der Waals surface area (Å²) >= 11 is 0. The van der Waals surface area contributed by atoms with Crippen LogP contribution in [0.5, 0.6) is 0 Å². The summed E-state index contributed by atoms with van der Waals surface area (Å²) in [6, 6.07) is 15.2. The molecule has 0 aromatic heterocycles. The monoisotopic (exact) mass is 394 g/mol. The Labute approximate surface area is 170 Å². The highest BCUT2D eigenvalue weighted by Gasteiger charge is 2.23. The van der Waals surface area contributed by atoms with Crippen molar-refractivity contribution in [1.29, 1.82) is 0 Å². The average Bonchev–Trinajstić information content (AvgIpc) is 2.72. The number of hydrogen-bond donors (Lipinski definition) is 0.